The molecule has 2 fully saturated rings. The summed E-state index contributed by atoms with van der Waals surface area (Å²) >= 11 is 0. The van der Waals surface area contributed by atoms with Crippen LogP contribution in [0.25, 0.3) is 0 Å². The van der Waals surface area contributed by atoms with Crippen molar-refractivity contribution in [2.24, 2.45) is 0 Å². The summed E-state index contributed by atoms with van der Waals surface area (Å²) in [5.74, 6) is 0. The molecule has 11 heteroatoms. The van der Waals surface area contributed by atoms with Crippen LogP contribution < -0.4 is 0 Å². The van der Waals surface area contributed by atoms with Crippen LogP contribution in [0.5, 0.6) is 0 Å². The van der Waals surface area contributed by atoms with Crippen molar-refractivity contribution in [3.05, 3.63) is 108 Å². The van der Waals surface area contributed by atoms with Crippen LogP contribution in [0.3, 0.4) is 0 Å². The van der Waals surface area contributed by atoms with Gasteiger partial charge in [0.25, 0.3) is 0 Å². The maximum absolute atomic E-state index is 11.2. The molecule has 0 amide bonds. The van der Waals surface area contributed by atoms with E-state index >= 15 is 0 Å². The number of rotatable bonds is 13. The number of hydrogen-bond donors (Lipinski definition) is 5. The predicted octanol–water partition coefficient (Wildman–Crippen LogP) is 1.28. The molecule has 5 N–H and O–H groups in total. The first-order chi connectivity index (χ1) is 21.4. The molecule has 2 aliphatic rings. The SMILES string of the molecule is OC[C@H]1O[C@@H](O[C@@H]2[C@@H](OCc3ccccc3)[C@@H](OCc3ccccc3)[C@@H](COCc3ccccc3)O[C@@H]2O)[C@@H](O)[C@H](O)[C@H]1O. The Balaban J connectivity index is 1.40. The van der Waals surface area contributed by atoms with Crippen molar-refractivity contribution in [3.8, 4) is 0 Å². The molecule has 0 radical (unpaired) electrons. The molecule has 44 heavy (non-hydrogen) atoms. The van der Waals surface area contributed by atoms with E-state index in [0.29, 0.717) is 6.61 Å². The van der Waals surface area contributed by atoms with Crippen LogP contribution in [0.1, 0.15) is 16.7 Å². The highest BCUT2D eigenvalue weighted by molar-refractivity contribution is 5.15. The monoisotopic (exact) mass is 612 g/mol. The van der Waals surface area contributed by atoms with Crippen molar-refractivity contribution in [3.63, 3.8) is 0 Å². The lowest BCUT2D eigenvalue weighted by Gasteiger charge is -2.47. The van der Waals surface area contributed by atoms with Crippen molar-refractivity contribution >= 4 is 0 Å². The minimum Gasteiger partial charge on any atom is -0.394 e. The quantitative estimate of drug-likeness (QED) is 0.190. The van der Waals surface area contributed by atoms with Crippen molar-refractivity contribution in [1.82, 2.24) is 0 Å². The number of ether oxygens (including phenoxy) is 6. The summed E-state index contributed by atoms with van der Waals surface area (Å²) in [5, 5.41) is 52.1. The molecule has 238 valence electrons. The number of hydrogen-bond acceptors (Lipinski definition) is 11. The van der Waals surface area contributed by atoms with Gasteiger partial charge in [0.05, 0.1) is 33.0 Å². The molecule has 2 heterocycles. The average Bonchev–Trinajstić information content (AvgIpc) is 3.06. The van der Waals surface area contributed by atoms with Crippen molar-refractivity contribution in [2.45, 2.75) is 81.2 Å². The molecule has 0 spiro atoms. The van der Waals surface area contributed by atoms with E-state index in [9.17, 15) is 25.5 Å². The fourth-order valence-electron chi connectivity index (χ4n) is 5.30. The summed E-state index contributed by atoms with van der Waals surface area (Å²) in [6.07, 6.45) is -13.1. The molecule has 3 aromatic rings. The lowest BCUT2D eigenvalue weighted by atomic mass is 9.96. The number of benzene rings is 3. The maximum atomic E-state index is 11.2. The smallest absolute Gasteiger partial charge is 0.187 e. The lowest BCUT2D eigenvalue weighted by Crippen LogP contribution is -2.65. The van der Waals surface area contributed by atoms with Gasteiger partial charge in [-0.2, -0.15) is 0 Å². The standard InChI is InChI=1S/C33H40O11/c34-16-24-26(35)27(36)28(37)33(43-24)44-31-30(41-19-23-14-8-3-9-15-23)29(40-18-22-12-6-2-7-13-22)25(42-32(31)38)20-39-17-21-10-4-1-5-11-21/h1-15,24-38H,16-20H2/t24-,25-,26+,27-,28+,29+,30+,31-,32+,33+/m1/s1. The molecule has 3 aromatic carbocycles. The minimum atomic E-state index is -1.69. The van der Waals surface area contributed by atoms with Gasteiger partial charge in [0, 0.05) is 0 Å². The molecular formula is C33H40O11. The zero-order valence-corrected chi connectivity index (χ0v) is 24.2. The van der Waals surface area contributed by atoms with Gasteiger partial charge in [-0.3, -0.25) is 0 Å². The summed E-state index contributed by atoms with van der Waals surface area (Å²) < 4.78 is 36.4. The Morgan fingerprint density at radius 1 is 0.545 bits per heavy atom. The Hall–Kier alpha value is -2.78. The molecule has 11 nitrogen and oxygen atoms in total. The van der Waals surface area contributed by atoms with Crippen LogP contribution in [-0.4, -0.2) is 100 Å². The van der Waals surface area contributed by atoms with Crippen LogP contribution >= 0.6 is 0 Å². The van der Waals surface area contributed by atoms with Crippen LogP contribution in [0.15, 0.2) is 91.0 Å². The van der Waals surface area contributed by atoms with E-state index in [0.717, 1.165) is 16.7 Å². The van der Waals surface area contributed by atoms with E-state index < -0.39 is 68.0 Å². The van der Waals surface area contributed by atoms with E-state index in [2.05, 4.69) is 0 Å². The molecule has 0 saturated carbocycles. The molecule has 2 saturated heterocycles. The topological polar surface area (TPSA) is 157 Å². The van der Waals surface area contributed by atoms with Gasteiger partial charge in [0.15, 0.2) is 12.6 Å². The zero-order valence-electron chi connectivity index (χ0n) is 24.2. The molecule has 0 unspecified atom stereocenters. The van der Waals surface area contributed by atoms with Crippen LogP contribution in [0.2, 0.25) is 0 Å². The molecular weight excluding hydrogens is 572 g/mol. The second-order valence-electron chi connectivity index (χ2n) is 10.9. The van der Waals surface area contributed by atoms with Crippen LogP contribution in [0.4, 0.5) is 0 Å². The summed E-state index contributed by atoms with van der Waals surface area (Å²) in [6.45, 7) is 0.0612. The van der Waals surface area contributed by atoms with Gasteiger partial charge in [-0.1, -0.05) is 91.0 Å². The van der Waals surface area contributed by atoms with Gasteiger partial charge in [-0.05, 0) is 16.7 Å². The van der Waals surface area contributed by atoms with Gasteiger partial charge >= 0.3 is 0 Å². The fourth-order valence-corrected chi connectivity index (χ4v) is 5.30. The number of aliphatic hydroxyl groups is 5. The Morgan fingerprint density at radius 2 is 1.07 bits per heavy atom. The fraction of sp³-hybridized carbons (Fsp3) is 0.455. The highest BCUT2D eigenvalue weighted by Crippen LogP contribution is 2.32. The molecule has 0 aromatic heterocycles. The maximum Gasteiger partial charge on any atom is 0.187 e. The van der Waals surface area contributed by atoms with E-state index in [1.54, 1.807) is 0 Å². The highest BCUT2D eigenvalue weighted by atomic mass is 16.7. The number of aliphatic hydroxyl groups excluding tert-OH is 5. The molecule has 0 aliphatic carbocycles. The van der Waals surface area contributed by atoms with Gasteiger partial charge in [-0.15, -0.1) is 0 Å². The van der Waals surface area contributed by atoms with E-state index in [4.69, 9.17) is 28.4 Å². The predicted molar refractivity (Wildman–Crippen MR) is 156 cm³/mol. The van der Waals surface area contributed by atoms with Crippen molar-refractivity contribution in [1.29, 1.82) is 0 Å². The van der Waals surface area contributed by atoms with Gasteiger partial charge in [0.2, 0.25) is 0 Å². The second-order valence-corrected chi connectivity index (χ2v) is 10.9. The van der Waals surface area contributed by atoms with E-state index in [-0.39, 0.29) is 19.8 Å². The van der Waals surface area contributed by atoms with Crippen LogP contribution in [-0.2, 0) is 48.2 Å². The highest BCUT2D eigenvalue weighted by Gasteiger charge is 2.52. The average molecular weight is 613 g/mol. The largest absolute Gasteiger partial charge is 0.394 e. The molecule has 0 bridgehead atoms. The third-order valence-corrected chi connectivity index (χ3v) is 7.71. The van der Waals surface area contributed by atoms with Gasteiger partial charge < -0.3 is 54.0 Å². The van der Waals surface area contributed by atoms with E-state index in [1.807, 2.05) is 91.0 Å². The third-order valence-electron chi connectivity index (χ3n) is 7.71. The van der Waals surface area contributed by atoms with Gasteiger partial charge in [0.1, 0.15) is 48.8 Å². The second kappa shape index (κ2) is 16.0. The van der Waals surface area contributed by atoms with Crippen LogP contribution in [0, 0.1) is 0 Å². The first-order valence-corrected chi connectivity index (χ1v) is 14.7. The Labute approximate surface area is 256 Å². The Kier molecular flexibility index (Phi) is 11.8. The summed E-state index contributed by atoms with van der Waals surface area (Å²) in [7, 11) is 0. The summed E-state index contributed by atoms with van der Waals surface area (Å²) in [4.78, 5) is 0. The van der Waals surface area contributed by atoms with Gasteiger partial charge in [-0.25, -0.2) is 0 Å². The molecule has 10 atom stereocenters. The normalized spacial score (nSPS) is 32.4. The summed E-state index contributed by atoms with van der Waals surface area (Å²) in [6, 6.07) is 28.6. The Bertz CT molecular complexity index is 1230. The molecule has 5 rings (SSSR count). The first kappa shape index (κ1) is 32.6. The summed E-state index contributed by atoms with van der Waals surface area (Å²) in [5.41, 5.74) is 2.72. The lowest BCUT2D eigenvalue weighted by molar-refractivity contribution is -0.369. The Morgan fingerprint density at radius 3 is 1.61 bits per heavy atom. The first-order valence-electron chi connectivity index (χ1n) is 14.7. The van der Waals surface area contributed by atoms with Crippen molar-refractivity contribution in [2.75, 3.05) is 13.2 Å². The third kappa shape index (κ3) is 8.27. The van der Waals surface area contributed by atoms with E-state index in [1.165, 1.54) is 0 Å². The molecule has 2 aliphatic heterocycles. The van der Waals surface area contributed by atoms with Crippen molar-refractivity contribution < 1.29 is 54.0 Å². The zero-order chi connectivity index (χ0) is 30.9. The minimum absolute atomic E-state index is 0.0589.